The van der Waals surface area contributed by atoms with Crippen molar-refractivity contribution >= 4 is 28.8 Å². The summed E-state index contributed by atoms with van der Waals surface area (Å²) >= 11 is 7.35. The number of thiazole rings is 1. The number of nitrogens with two attached hydrogens (primary N) is 1. The van der Waals surface area contributed by atoms with Gasteiger partial charge in [-0.15, -0.1) is 11.3 Å². The van der Waals surface area contributed by atoms with Crippen LogP contribution in [-0.4, -0.2) is 17.4 Å². The van der Waals surface area contributed by atoms with E-state index in [9.17, 15) is 4.79 Å². The maximum atomic E-state index is 12.0. The van der Waals surface area contributed by atoms with Crippen LogP contribution in [0.15, 0.2) is 29.6 Å². The molecule has 112 valence electrons. The van der Waals surface area contributed by atoms with Crippen LogP contribution >= 0.6 is 22.9 Å². The monoisotopic (exact) mass is 323 g/mol. The van der Waals surface area contributed by atoms with Crippen LogP contribution < -0.4 is 11.1 Å². The van der Waals surface area contributed by atoms with E-state index in [0.29, 0.717) is 17.3 Å². The van der Waals surface area contributed by atoms with E-state index >= 15 is 0 Å². The third-order valence-corrected chi connectivity index (χ3v) is 4.31. The van der Waals surface area contributed by atoms with Gasteiger partial charge in [0.25, 0.3) is 5.91 Å². The predicted molar refractivity (Wildman–Crippen MR) is 86.8 cm³/mol. The Kier molecular flexibility index (Phi) is 5.73. The van der Waals surface area contributed by atoms with Gasteiger partial charge in [-0.1, -0.05) is 30.7 Å². The van der Waals surface area contributed by atoms with Crippen LogP contribution in [0.5, 0.6) is 0 Å². The van der Waals surface area contributed by atoms with Gasteiger partial charge in [-0.2, -0.15) is 0 Å². The molecular formula is C15H18ClN3OS. The minimum absolute atomic E-state index is 0.0944. The number of hydrogen-bond donors (Lipinski definition) is 2. The molecule has 1 unspecified atom stereocenters. The Morgan fingerprint density at radius 1 is 1.52 bits per heavy atom. The van der Waals surface area contributed by atoms with E-state index in [1.165, 1.54) is 11.3 Å². The molecule has 0 fully saturated rings. The summed E-state index contributed by atoms with van der Waals surface area (Å²) in [6.45, 7) is 2.54. The fourth-order valence-corrected chi connectivity index (χ4v) is 2.94. The second kappa shape index (κ2) is 7.54. The van der Waals surface area contributed by atoms with Gasteiger partial charge in [0.2, 0.25) is 0 Å². The van der Waals surface area contributed by atoms with Crippen molar-refractivity contribution < 1.29 is 4.79 Å². The number of nitrogens with zero attached hydrogens (tertiary/aromatic N) is 1. The average molecular weight is 324 g/mol. The summed E-state index contributed by atoms with van der Waals surface area (Å²) < 4.78 is 0. The van der Waals surface area contributed by atoms with E-state index in [1.54, 1.807) is 5.38 Å². The van der Waals surface area contributed by atoms with Crippen LogP contribution in [0.2, 0.25) is 5.02 Å². The Hall–Kier alpha value is -1.43. The van der Waals surface area contributed by atoms with Gasteiger partial charge in [0.05, 0.1) is 6.04 Å². The second-order valence-electron chi connectivity index (χ2n) is 4.72. The van der Waals surface area contributed by atoms with Crippen LogP contribution in [0.3, 0.4) is 0 Å². The molecule has 0 aliphatic carbocycles. The van der Waals surface area contributed by atoms with Crippen molar-refractivity contribution in [1.29, 1.82) is 0 Å². The van der Waals surface area contributed by atoms with Gasteiger partial charge in [-0.25, -0.2) is 4.98 Å². The first-order chi connectivity index (χ1) is 10.1. The molecule has 4 nitrogen and oxygen atoms in total. The number of hydrogen-bond acceptors (Lipinski definition) is 4. The molecule has 2 rings (SSSR count). The summed E-state index contributed by atoms with van der Waals surface area (Å²) in [5.74, 6) is -0.164. The number of halogens is 1. The maximum absolute atomic E-state index is 12.0. The highest BCUT2D eigenvalue weighted by Crippen LogP contribution is 2.18. The second-order valence-corrected chi connectivity index (χ2v) is 6.05. The van der Waals surface area contributed by atoms with Crippen LogP contribution in [0.4, 0.5) is 0 Å². The SMILES string of the molecule is CCC(N)c1nc(C(=O)NCCc2cccc(Cl)c2)cs1. The predicted octanol–water partition coefficient (Wildman–Crippen LogP) is 3.18. The molecule has 1 aromatic heterocycles. The van der Waals surface area contributed by atoms with E-state index in [1.807, 2.05) is 31.2 Å². The molecule has 1 atom stereocenters. The number of carbonyl (C=O) groups excluding carboxylic acids is 1. The fourth-order valence-electron chi connectivity index (χ4n) is 1.84. The molecule has 0 spiro atoms. The lowest BCUT2D eigenvalue weighted by Gasteiger charge is -2.05. The quantitative estimate of drug-likeness (QED) is 0.858. The number of rotatable bonds is 6. The first-order valence-electron chi connectivity index (χ1n) is 6.83. The Bertz CT molecular complexity index is 614. The molecule has 1 amide bonds. The van der Waals surface area contributed by atoms with Crippen molar-refractivity contribution in [2.75, 3.05) is 6.54 Å². The molecular weight excluding hydrogens is 306 g/mol. The highest BCUT2D eigenvalue weighted by molar-refractivity contribution is 7.09. The van der Waals surface area contributed by atoms with Crippen LogP contribution in [0, 0.1) is 0 Å². The molecule has 0 radical (unpaired) electrons. The number of aromatic nitrogens is 1. The molecule has 0 saturated carbocycles. The zero-order chi connectivity index (χ0) is 15.2. The first-order valence-corrected chi connectivity index (χ1v) is 8.09. The number of carbonyl (C=O) groups is 1. The lowest BCUT2D eigenvalue weighted by molar-refractivity contribution is 0.0949. The molecule has 2 aromatic rings. The summed E-state index contributed by atoms with van der Waals surface area (Å²) in [6, 6.07) is 7.52. The third-order valence-electron chi connectivity index (χ3n) is 3.10. The van der Waals surface area contributed by atoms with Gasteiger partial charge in [0.15, 0.2) is 0 Å². The zero-order valence-electron chi connectivity index (χ0n) is 11.8. The van der Waals surface area contributed by atoms with E-state index in [2.05, 4.69) is 10.3 Å². The van der Waals surface area contributed by atoms with Crippen molar-refractivity contribution in [2.24, 2.45) is 5.73 Å². The standard InChI is InChI=1S/C15H18ClN3OS/c1-2-12(17)15-19-13(9-21-15)14(20)18-7-6-10-4-3-5-11(16)8-10/h3-5,8-9,12H,2,6-7,17H2,1H3,(H,18,20). The number of amides is 1. The summed E-state index contributed by atoms with van der Waals surface area (Å²) in [5.41, 5.74) is 7.43. The lowest BCUT2D eigenvalue weighted by Crippen LogP contribution is -2.26. The Labute approximate surface area is 133 Å². The van der Waals surface area contributed by atoms with Crippen molar-refractivity contribution in [2.45, 2.75) is 25.8 Å². The summed E-state index contributed by atoms with van der Waals surface area (Å²) in [5, 5.41) is 6.12. The van der Waals surface area contributed by atoms with Gasteiger partial charge in [-0.3, -0.25) is 4.79 Å². The van der Waals surface area contributed by atoms with Crippen molar-refractivity contribution in [3.63, 3.8) is 0 Å². The van der Waals surface area contributed by atoms with Crippen LogP contribution in [0.1, 0.15) is 40.4 Å². The first kappa shape index (κ1) is 15.9. The third kappa shape index (κ3) is 4.52. The molecule has 0 bridgehead atoms. The van der Waals surface area contributed by atoms with E-state index in [-0.39, 0.29) is 11.9 Å². The highest BCUT2D eigenvalue weighted by atomic mass is 35.5. The van der Waals surface area contributed by atoms with Crippen molar-refractivity contribution in [1.82, 2.24) is 10.3 Å². The molecule has 21 heavy (non-hydrogen) atoms. The Balaban J connectivity index is 1.86. The van der Waals surface area contributed by atoms with E-state index in [0.717, 1.165) is 23.4 Å². The van der Waals surface area contributed by atoms with Gasteiger partial charge in [0, 0.05) is 16.9 Å². The summed E-state index contributed by atoms with van der Waals surface area (Å²) in [7, 11) is 0. The van der Waals surface area contributed by atoms with Gasteiger partial charge >= 0.3 is 0 Å². The Morgan fingerprint density at radius 2 is 2.33 bits per heavy atom. The van der Waals surface area contributed by atoms with E-state index in [4.69, 9.17) is 17.3 Å². The van der Waals surface area contributed by atoms with Crippen LogP contribution in [-0.2, 0) is 6.42 Å². The molecule has 0 aliphatic rings. The largest absolute Gasteiger partial charge is 0.350 e. The maximum Gasteiger partial charge on any atom is 0.270 e. The fraction of sp³-hybridized carbons (Fsp3) is 0.333. The lowest BCUT2D eigenvalue weighted by atomic mass is 10.1. The van der Waals surface area contributed by atoms with Gasteiger partial charge in [-0.05, 0) is 30.5 Å². The molecule has 0 aliphatic heterocycles. The topological polar surface area (TPSA) is 68.0 Å². The Morgan fingerprint density at radius 3 is 3.05 bits per heavy atom. The van der Waals surface area contributed by atoms with E-state index < -0.39 is 0 Å². The summed E-state index contributed by atoms with van der Waals surface area (Å²) in [6.07, 6.45) is 1.54. The van der Waals surface area contributed by atoms with Gasteiger partial charge < -0.3 is 11.1 Å². The smallest absolute Gasteiger partial charge is 0.270 e. The van der Waals surface area contributed by atoms with Crippen LogP contribution in [0.25, 0.3) is 0 Å². The molecule has 1 heterocycles. The molecule has 6 heteroatoms. The zero-order valence-corrected chi connectivity index (χ0v) is 13.4. The minimum atomic E-state index is -0.164. The van der Waals surface area contributed by atoms with Crippen molar-refractivity contribution in [3.8, 4) is 0 Å². The van der Waals surface area contributed by atoms with Gasteiger partial charge in [0.1, 0.15) is 10.7 Å². The molecule has 0 saturated heterocycles. The summed E-state index contributed by atoms with van der Waals surface area (Å²) in [4.78, 5) is 16.3. The minimum Gasteiger partial charge on any atom is -0.350 e. The van der Waals surface area contributed by atoms with Crippen molar-refractivity contribution in [3.05, 3.63) is 50.9 Å². The molecule has 1 aromatic carbocycles. The normalized spacial score (nSPS) is 12.1. The number of nitrogens with one attached hydrogen (secondary N) is 1. The number of benzene rings is 1. The average Bonchev–Trinajstić information content (AvgIpc) is 2.96. The highest BCUT2D eigenvalue weighted by Gasteiger charge is 2.13. The molecule has 3 N–H and O–H groups in total.